The predicted octanol–water partition coefficient (Wildman–Crippen LogP) is 0.277. The number of hydrogen-bond acceptors (Lipinski definition) is 7. The largest absolute Gasteiger partial charge is 0.378 e. The van der Waals surface area contributed by atoms with Crippen molar-refractivity contribution in [1.82, 2.24) is 21.3 Å². The Labute approximate surface area is 151 Å². The van der Waals surface area contributed by atoms with Crippen LogP contribution in [0.1, 0.15) is 33.1 Å². The maximum atomic E-state index is 6.39. The normalized spacial score (nSPS) is 49.2. The smallest absolute Gasteiger partial charge is 0.0809 e. The lowest BCUT2D eigenvalue weighted by molar-refractivity contribution is -0.109. The summed E-state index contributed by atoms with van der Waals surface area (Å²) in [5.41, 5.74) is 10.7. The summed E-state index contributed by atoms with van der Waals surface area (Å²) in [5.74, 6) is 1.28. The minimum atomic E-state index is 0.103. The quantitative estimate of drug-likeness (QED) is 0.577. The molecule has 3 heterocycles. The van der Waals surface area contributed by atoms with Crippen LogP contribution in [-0.2, 0) is 14.2 Å². The number of hydrazine groups is 2. The van der Waals surface area contributed by atoms with E-state index in [1.54, 1.807) is 0 Å². The Morgan fingerprint density at radius 2 is 1.92 bits per heavy atom. The lowest BCUT2D eigenvalue weighted by Gasteiger charge is -2.36. The van der Waals surface area contributed by atoms with E-state index in [0.717, 1.165) is 39.1 Å². The summed E-state index contributed by atoms with van der Waals surface area (Å²) < 4.78 is 18.0. The van der Waals surface area contributed by atoms with Gasteiger partial charge in [0, 0.05) is 37.6 Å². The van der Waals surface area contributed by atoms with Crippen molar-refractivity contribution in [2.24, 2.45) is 11.8 Å². The van der Waals surface area contributed by atoms with Gasteiger partial charge in [-0.15, -0.1) is 0 Å². The molecule has 3 N–H and O–H groups in total. The minimum absolute atomic E-state index is 0.103. The van der Waals surface area contributed by atoms with Crippen LogP contribution in [0.3, 0.4) is 0 Å². The van der Waals surface area contributed by atoms with Crippen molar-refractivity contribution in [2.75, 3.05) is 39.5 Å². The van der Waals surface area contributed by atoms with Crippen LogP contribution in [0.5, 0.6) is 0 Å². The monoisotopic (exact) mass is 354 g/mol. The van der Waals surface area contributed by atoms with E-state index in [-0.39, 0.29) is 12.2 Å². The molecule has 6 unspecified atom stereocenters. The second-order valence-electron chi connectivity index (χ2n) is 8.12. The van der Waals surface area contributed by atoms with Crippen LogP contribution >= 0.6 is 0 Å². The Hall–Kier alpha value is -0.280. The lowest BCUT2D eigenvalue weighted by Crippen LogP contribution is -2.43. The van der Waals surface area contributed by atoms with E-state index in [2.05, 4.69) is 35.1 Å². The highest BCUT2D eigenvalue weighted by Crippen LogP contribution is 2.36. The fraction of sp³-hybridized carbons (Fsp3) is 1.00. The zero-order valence-electron chi connectivity index (χ0n) is 15.6. The van der Waals surface area contributed by atoms with Gasteiger partial charge in [-0.3, -0.25) is 16.3 Å². The summed E-state index contributed by atoms with van der Waals surface area (Å²) in [6.07, 6.45) is 4.05. The van der Waals surface area contributed by atoms with Gasteiger partial charge < -0.3 is 14.2 Å². The topological polar surface area (TPSA) is 67.0 Å². The molecule has 1 aliphatic carbocycles. The SMILES string of the molecule is C[C@@H]1OCCOCCN2CC(CN2)C2NNC3CCC(CC32)O[C@H]1C. The Kier molecular flexibility index (Phi) is 5.91. The molecule has 0 aromatic rings. The maximum absolute atomic E-state index is 6.39. The van der Waals surface area contributed by atoms with Crippen molar-refractivity contribution in [3.05, 3.63) is 0 Å². The Bertz CT molecular complexity index is 441. The van der Waals surface area contributed by atoms with Crippen molar-refractivity contribution in [3.8, 4) is 0 Å². The van der Waals surface area contributed by atoms with Crippen LogP contribution in [0.4, 0.5) is 0 Å². The first-order valence-electron chi connectivity index (χ1n) is 10.0. The first-order chi connectivity index (χ1) is 12.2. The van der Waals surface area contributed by atoms with Crippen LogP contribution in [0.2, 0.25) is 0 Å². The Morgan fingerprint density at radius 3 is 2.84 bits per heavy atom. The molecule has 144 valence electrons. The molecule has 0 amide bonds. The second-order valence-corrected chi connectivity index (χ2v) is 8.12. The van der Waals surface area contributed by atoms with Gasteiger partial charge >= 0.3 is 0 Å². The molecular formula is C18H34N4O3. The summed E-state index contributed by atoms with van der Waals surface area (Å²) in [6, 6.07) is 1.11. The average Bonchev–Trinajstić information content (AvgIpc) is 3.23. The highest BCUT2D eigenvalue weighted by atomic mass is 16.6. The molecule has 0 spiro atoms. The standard InChI is InChI=1S/C18H34N4O3/c1-12-13(2)25-15-3-4-17-16(9-15)18(21-20-17)14-10-19-22(11-14)5-6-23-7-8-24-12/h12-21H,3-11H2,1-2H3/t12-,13-,14?,15?,16?,17?,18?/m0/s1. The first-order valence-corrected chi connectivity index (χ1v) is 10.0. The minimum Gasteiger partial charge on any atom is -0.378 e. The highest BCUT2D eigenvalue weighted by molar-refractivity contribution is 5.00. The third kappa shape index (κ3) is 4.18. The van der Waals surface area contributed by atoms with E-state index in [9.17, 15) is 0 Å². The van der Waals surface area contributed by atoms with Gasteiger partial charge in [0.1, 0.15) is 0 Å². The molecule has 0 aromatic heterocycles. The van der Waals surface area contributed by atoms with Gasteiger partial charge in [-0.1, -0.05) is 0 Å². The summed E-state index contributed by atoms with van der Waals surface area (Å²) >= 11 is 0. The number of hydrogen-bond donors (Lipinski definition) is 3. The molecule has 4 aliphatic rings. The molecule has 0 radical (unpaired) electrons. The van der Waals surface area contributed by atoms with Crippen LogP contribution in [0, 0.1) is 11.8 Å². The molecule has 3 saturated heterocycles. The molecule has 7 nitrogen and oxygen atoms in total. The molecule has 4 bridgehead atoms. The third-order valence-corrected chi connectivity index (χ3v) is 6.47. The van der Waals surface area contributed by atoms with Crippen molar-refractivity contribution in [1.29, 1.82) is 0 Å². The van der Waals surface area contributed by atoms with Gasteiger partial charge in [0.15, 0.2) is 0 Å². The van der Waals surface area contributed by atoms with Crippen LogP contribution < -0.4 is 16.3 Å². The predicted molar refractivity (Wildman–Crippen MR) is 94.8 cm³/mol. The van der Waals surface area contributed by atoms with Gasteiger partial charge in [-0.25, -0.2) is 5.01 Å². The second kappa shape index (κ2) is 8.17. The molecule has 0 aromatic carbocycles. The van der Waals surface area contributed by atoms with Gasteiger partial charge in [0.05, 0.1) is 38.1 Å². The molecular weight excluding hydrogens is 320 g/mol. The third-order valence-electron chi connectivity index (χ3n) is 6.47. The number of nitrogens with one attached hydrogen (secondary N) is 3. The van der Waals surface area contributed by atoms with E-state index < -0.39 is 0 Å². The lowest BCUT2D eigenvalue weighted by atomic mass is 9.76. The molecule has 4 fully saturated rings. The fourth-order valence-electron chi connectivity index (χ4n) is 4.83. The number of ether oxygens (including phenoxy) is 3. The van der Waals surface area contributed by atoms with E-state index >= 15 is 0 Å². The average molecular weight is 354 g/mol. The first kappa shape index (κ1) is 18.1. The van der Waals surface area contributed by atoms with Crippen LogP contribution in [0.15, 0.2) is 0 Å². The van der Waals surface area contributed by atoms with E-state index in [1.807, 2.05) is 0 Å². The molecule has 3 aliphatic heterocycles. The summed E-state index contributed by atoms with van der Waals surface area (Å²) in [6.45, 7) is 9.34. The van der Waals surface area contributed by atoms with Crippen LogP contribution in [0.25, 0.3) is 0 Å². The van der Waals surface area contributed by atoms with Crippen molar-refractivity contribution < 1.29 is 14.2 Å². The van der Waals surface area contributed by atoms with Gasteiger partial charge in [-0.2, -0.15) is 0 Å². The Morgan fingerprint density at radius 1 is 1.00 bits per heavy atom. The molecule has 4 rings (SSSR count). The maximum Gasteiger partial charge on any atom is 0.0809 e. The van der Waals surface area contributed by atoms with Gasteiger partial charge in [0.25, 0.3) is 0 Å². The van der Waals surface area contributed by atoms with E-state index in [4.69, 9.17) is 14.2 Å². The van der Waals surface area contributed by atoms with Crippen molar-refractivity contribution >= 4 is 0 Å². The number of nitrogens with zero attached hydrogens (tertiary/aromatic N) is 1. The summed E-state index contributed by atoms with van der Waals surface area (Å²) in [7, 11) is 0. The zero-order valence-corrected chi connectivity index (χ0v) is 15.6. The highest BCUT2D eigenvalue weighted by Gasteiger charge is 2.45. The Balaban J connectivity index is 1.44. The number of rotatable bonds is 0. The molecule has 7 heteroatoms. The van der Waals surface area contributed by atoms with Crippen molar-refractivity contribution in [3.63, 3.8) is 0 Å². The van der Waals surface area contributed by atoms with Crippen molar-refractivity contribution in [2.45, 2.75) is 63.5 Å². The van der Waals surface area contributed by atoms with Gasteiger partial charge in [-0.05, 0) is 39.0 Å². The molecule has 8 atom stereocenters. The fourth-order valence-corrected chi connectivity index (χ4v) is 4.83. The number of fused-ring (bicyclic) bond motifs is 4. The van der Waals surface area contributed by atoms with Crippen LogP contribution in [-0.4, -0.2) is 74.9 Å². The zero-order chi connectivity index (χ0) is 17.2. The van der Waals surface area contributed by atoms with E-state index in [1.165, 1.54) is 6.42 Å². The summed E-state index contributed by atoms with van der Waals surface area (Å²) in [5, 5.41) is 2.31. The molecule has 25 heavy (non-hydrogen) atoms. The summed E-state index contributed by atoms with van der Waals surface area (Å²) in [4.78, 5) is 0. The van der Waals surface area contributed by atoms with E-state index in [0.29, 0.717) is 43.2 Å². The van der Waals surface area contributed by atoms with Gasteiger partial charge in [0.2, 0.25) is 0 Å². The molecule has 1 saturated carbocycles.